The van der Waals surface area contributed by atoms with Crippen LogP contribution in [0.25, 0.3) is 6.08 Å². The summed E-state index contributed by atoms with van der Waals surface area (Å²) in [6.07, 6.45) is 3.26. The quantitative estimate of drug-likeness (QED) is 0.557. The van der Waals surface area contributed by atoms with E-state index < -0.39 is 0 Å². The third kappa shape index (κ3) is 5.20. The summed E-state index contributed by atoms with van der Waals surface area (Å²) in [6.45, 7) is 0. The molecule has 5 nitrogen and oxygen atoms in total. The molecule has 0 fully saturated rings. The highest BCUT2D eigenvalue weighted by Crippen LogP contribution is 2.28. The number of amides is 1. The highest BCUT2D eigenvalue weighted by molar-refractivity contribution is 5.92. The monoisotopic (exact) mass is 403 g/mol. The van der Waals surface area contributed by atoms with E-state index in [1.54, 1.807) is 33.5 Å². The van der Waals surface area contributed by atoms with Crippen LogP contribution in [-0.2, 0) is 4.79 Å². The molecule has 0 heterocycles. The van der Waals surface area contributed by atoms with Gasteiger partial charge in [-0.05, 0) is 47.0 Å². The van der Waals surface area contributed by atoms with Crippen LogP contribution in [0, 0.1) is 0 Å². The summed E-state index contributed by atoms with van der Waals surface area (Å²) in [5.41, 5.74) is 2.80. The first-order valence-corrected chi connectivity index (χ1v) is 9.54. The van der Waals surface area contributed by atoms with Crippen molar-refractivity contribution in [2.75, 3.05) is 21.3 Å². The second kappa shape index (κ2) is 10.2. The molecule has 5 heteroatoms. The van der Waals surface area contributed by atoms with E-state index in [1.807, 2.05) is 66.7 Å². The average molecular weight is 403 g/mol. The van der Waals surface area contributed by atoms with Crippen LogP contribution in [0.15, 0.2) is 78.9 Å². The fourth-order valence-electron chi connectivity index (χ4n) is 3.12. The highest BCUT2D eigenvalue weighted by Gasteiger charge is 2.16. The summed E-state index contributed by atoms with van der Waals surface area (Å²) in [5.74, 6) is 1.82. The maximum absolute atomic E-state index is 12.7. The zero-order valence-corrected chi connectivity index (χ0v) is 17.3. The van der Waals surface area contributed by atoms with Crippen LogP contribution < -0.4 is 19.5 Å². The number of ether oxygens (including phenoxy) is 3. The van der Waals surface area contributed by atoms with E-state index in [4.69, 9.17) is 14.2 Å². The number of carbonyl (C=O) groups excluding carboxylic acids is 1. The Hall–Kier alpha value is -3.73. The van der Waals surface area contributed by atoms with Gasteiger partial charge in [-0.3, -0.25) is 4.79 Å². The number of hydrogen-bond donors (Lipinski definition) is 1. The van der Waals surface area contributed by atoms with Crippen LogP contribution in [0.1, 0.15) is 22.7 Å². The summed E-state index contributed by atoms with van der Waals surface area (Å²) in [4.78, 5) is 12.7. The first kappa shape index (κ1) is 21.0. The standard InChI is InChI=1S/C25H25NO4/c1-28-21-13-11-20(12-14-21)25(19-7-5-4-6-8-19)26-24(27)16-10-18-9-15-22(29-2)23(17-18)30-3/h4-17,25H,1-3H3,(H,26,27)/b16-10+. The molecule has 0 aromatic heterocycles. The van der Waals surface area contributed by atoms with Gasteiger partial charge in [0.05, 0.1) is 27.4 Å². The molecule has 0 radical (unpaired) electrons. The van der Waals surface area contributed by atoms with Gasteiger partial charge in [-0.15, -0.1) is 0 Å². The predicted molar refractivity (Wildman–Crippen MR) is 118 cm³/mol. The number of benzene rings is 3. The largest absolute Gasteiger partial charge is 0.497 e. The Kier molecular flexibility index (Phi) is 7.11. The van der Waals surface area contributed by atoms with E-state index in [9.17, 15) is 4.79 Å². The van der Waals surface area contributed by atoms with E-state index in [0.717, 1.165) is 22.4 Å². The van der Waals surface area contributed by atoms with Crippen molar-refractivity contribution in [1.29, 1.82) is 0 Å². The van der Waals surface area contributed by atoms with Gasteiger partial charge >= 0.3 is 0 Å². The molecule has 3 aromatic carbocycles. The van der Waals surface area contributed by atoms with E-state index in [-0.39, 0.29) is 11.9 Å². The third-order valence-corrected chi connectivity index (χ3v) is 4.70. The molecule has 1 amide bonds. The van der Waals surface area contributed by atoms with Crippen molar-refractivity contribution in [3.63, 3.8) is 0 Å². The smallest absolute Gasteiger partial charge is 0.244 e. The summed E-state index contributed by atoms with van der Waals surface area (Å²) in [7, 11) is 4.80. The van der Waals surface area contributed by atoms with Gasteiger partial charge in [-0.2, -0.15) is 0 Å². The maximum Gasteiger partial charge on any atom is 0.244 e. The molecule has 0 spiro atoms. The molecule has 1 N–H and O–H groups in total. The Labute approximate surface area is 176 Å². The van der Waals surface area contributed by atoms with Crippen LogP contribution in [0.3, 0.4) is 0 Å². The summed E-state index contributed by atoms with van der Waals surface area (Å²) >= 11 is 0. The molecule has 1 atom stereocenters. The third-order valence-electron chi connectivity index (χ3n) is 4.70. The lowest BCUT2D eigenvalue weighted by molar-refractivity contribution is -0.116. The van der Waals surface area contributed by atoms with Crippen LogP contribution in [0.4, 0.5) is 0 Å². The Balaban J connectivity index is 1.80. The van der Waals surface area contributed by atoms with Gasteiger partial charge in [0.25, 0.3) is 0 Å². The predicted octanol–water partition coefficient (Wildman–Crippen LogP) is 4.63. The molecule has 0 saturated carbocycles. The van der Waals surface area contributed by atoms with Crippen LogP contribution in [0.5, 0.6) is 17.2 Å². The first-order chi connectivity index (χ1) is 14.6. The van der Waals surface area contributed by atoms with Crippen molar-refractivity contribution >= 4 is 12.0 Å². The van der Waals surface area contributed by atoms with Crippen LogP contribution in [-0.4, -0.2) is 27.2 Å². The van der Waals surface area contributed by atoms with E-state index in [0.29, 0.717) is 11.5 Å². The minimum absolute atomic E-state index is 0.200. The molecule has 0 bridgehead atoms. The van der Waals surface area contributed by atoms with E-state index in [2.05, 4.69) is 5.32 Å². The minimum atomic E-state index is -0.278. The number of hydrogen-bond acceptors (Lipinski definition) is 4. The maximum atomic E-state index is 12.7. The van der Waals surface area contributed by atoms with E-state index in [1.165, 1.54) is 6.08 Å². The van der Waals surface area contributed by atoms with E-state index >= 15 is 0 Å². The Morgan fingerprint density at radius 2 is 1.47 bits per heavy atom. The molecule has 154 valence electrons. The van der Waals surface area contributed by atoms with Gasteiger partial charge < -0.3 is 19.5 Å². The van der Waals surface area contributed by atoms with Gasteiger partial charge in [0.15, 0.2) is 11.5 Å². The van der Waals surface area contributed by atoms with Gasteiger partial charge in [0, 0.05) is 6.08 Å². The second-order valence-corrected chi connectivity index (χ2v) is 6.57. The number of rotatable bonds is 8. The van der Waals surface area contributed by atoms with Crippen molar-refractivity contribution in [2.24, 2.45) is 0 Å². The minimum Gasteiger partial charge on any atom is -0.497 e. The molecule has 0 aliphatic carbocycles. The lowest BCUT2D eigenvalue weighted by atomic mass is 9.98. The van der Waals surface area contributed by atoms with Crippen molar-refractivity contribution in [3.8, 4) is 17.2 Å². The molecule has 30 heavy (non-hydrogen) atoms. The summed E-state index contributed by atoms with van der Waals surface area (Å²) < 4.78 is 15.8. The molecule has 0 aliphatic heterocycles. The Morgan fingerprint density at radius 3 is 2.10 bits per heavy atom. The Morgan fingerprint density at radius 1 is 0.800 bits per heavy atom. The molecule has 0 aliphatic rings. The van der Waals surface area contributed by atoms with Crippen LogP contribution in [0.2, 0.25) is 0 Å². The fraction of sp³-hybridized carbons (Fsp3) is 0.160. The van der Waals surface area contributed by atoms with Gasteiger partial charge in [0.1, 0.15) is 5.75 Å². The SMILES string of the molecule is COc1ccc(C(NC(=O)/C=C/c2ccc(OC)c(OC)c2)c2ccccc2)cc1. The molecular weight excluding hydrogens is 378 g/mol. The second-order valence-electron chi connectivity index (χ2n) is 6.57. The molecule has 3 rings (SSSR count). The lowest BCUT2D eigenvalue weighted by Crippen LogP contribution is -2.27. The number of nitrogens with one attached hydrogen (secondary N) is 1. The first-order valence-electron chi connectivity index (χ1n) is 9.54. The van der Waals surface area contributed by atoms with Gasteiger partial charge in [-0.25, -0.2) is 0 Å². The average Bonchev–Trinajstić information content (AvgIpc) is 2.81. The lowest BCUT2D eigenvalue weighted by Gasteiger charge is -2.19. The van der Waals surface area contributed by atoms with Gasteiger partial charge in [-0.1, -0.05) is 48.5 Å². The Bertz CT molecular complexity index is 997. The topological polar surface area (TPSA) is 56.8 Å². The van der Waals surface area contributed by atoms with Crippen molar-refractivity contribution in [3.05, 3.63) is 95.6 Å². The molecule has 0 saturated heterocycles. The molecule has 1 unspecified atom stereocenters. The van der Waals surface area contributed by atoms with Crippen molar-refractivity contribution < 1.29 is 19.0 Å². The van der Waals surface area contributed by atoms with Crippen molar-refractivity contribution in [1.82, 2.24) is 5.32 Å². The molecular formula is C25H25NO4. The number of carbonyl (C=O) groups is 1. The summed E-state index contributed by atoms with van der Waals surface area (Å²) in [5, 5.41) is 3.09. The summed E-state index contributed by atoms with van der Waals surface area (Å²) in [6, 6.07) is 22.7. The fourth-order valence-corrected chi connectivity index (χ4v) is 3.12. The van der Waals surface area contributed by atoms with Crippen LogP contribution >= 0.6 is 0 Å². The normalized spacial score (nSPS) is 11.7. The molecule has 3 aromatic rings. The van der Waals surface area contributed by atoms with Crippen molar-refractivity contribution in [2.45, 2.75) is 6.04 Å². The van der Waals surface area contributed by atoms with Gasteiger partial charge in [0.2, 0.25) is 5.91 Å². The zero-order valence-electron chi connectivity index (χ0n) is 17.3. The number of methoxy groups -OCH3 is 3. The highest BCUT2D eigenvalue weighted by atomic mass is 16.5. The zero-order chi connectivity index (χ0) is 21.3.